The molecule has 2 fully saturated rings. The molecular formula is C15H19NO2S. The van der Waals surface area contributed by atoms with Crippen LogP contribution in [0, 0.1) is 0 Å². The molecule has 102 valence electrons. The molecule has 1 saturated heterocycles. The average molecular weight is 277 g/mol. The second-order valence-electron chi connectivity index (χ2n) is 5.53. The molecule has 4 heteroatoms. The highest BCUT2D eigenvalue weighted by molar-refractivity contribution is 8.00. The van der Waals surface area contributed by atoms with Crippen LogP contribution in [-0.4, -0.2) is 27.7 Å². The Morgan fingerprint density at radius 3 is 2.53 bits per heavy atom. The molecule has 1 aliphatic heterocycles. The summed E-state index contributed by atoms with van der Waals surface area (Å²) >= 11 is 1.81. The highest BCUT2D eigenvalue weighted by atomic mass is 32.2. The van der Waals surface area contributed by atoms with E-state index in [2.05, 4.69) is 35.6 Å². The first-order valence-corrected chi connectivity index (χ1v) is 7.86. The zero-order valence-electron chi connectivity index (χ0n) is 10.8. The van der Waals surface area contributed by atoms with Crippen molar-refractivity contribution in [1.29, 1.82) is 0 Å². The molecule has 2 aliphatic rings. The number of aliphatic carboxylic acids is 1. The van der Waals surface area contributed by atoms with Gasteiger partial charge in [0.15, 0.2) is 0 Å². The largest absolute Gasteiger partial charge is 0.480 e. The predicted molar refractivity (Wildman–Crippen MR) is 77.4 cm³/mol. The van der Waals surface area contributed by atoms with Gasteiger partial charge in [0.2, 0.25) is 0 Å². The van der Waals surface area contributed by atoms with Gasteiger partial charge >= 0.3 is 5.97 Å². The van der Waals surface area contributed by atoms with E-state index in [0.717, 1.165) is 25.7 Å². The number of carboxylic acids is 1. The van der Waals surface area contributed by atoms with Gasteiger partial charge in [0, 0.05) is 5.75 Å². The first-order chi connectivity index (χ1) is 9.19. The van der Waals surface area contributed by atoms with E-state index in [1.165, 1.54) is 5.56 Å². The molecule has 1 aromatic carbocycles. The lowest BCUT2D eigenvalue weighted by atomic mass is 9.81. The average Bonchev–Trinajstić information content (AvgIpc) is 2.85. The normalized spacial score (nSPS) is 34.5. The summed E-state index contributed by atoms with van der Waals surface area (Å²) in [5.74, 6) is 0.623. The fourth-order valence-corrected chi connectivity index (χ4v) is 4.67. The van der Waals surface area contributed by atoms with Crippen LogP contribution in [0.4, 0.5) is 0 Å². The molecule has 19 heavy (non-hydrogen) atoms. The minimum Gasteiger partial charge on any atom is -0.480 e. The summed E-state index contributed by atoms with van der Waals surface area (Å²) < 4.78 is 0. The van der Waals surface area contributed by atoms with Crippen molar-refractivity contribution in [3.8, 4) is 0 Å². The van der Waals surface area contributed by atoms with Gasteiger partial charge in [-0.3, -0.25) is 10.1 Å². The molecule has 2 N–H and O–H groups in total. The molecule has 1 spiro atoms. The number of hydrogen-bond acceptors (Lipinski definition) is 3. The Labute approximate surface area is 117 Å². The quantitative estimate of drug-likeness (QED) is 0.872. The molecule has 1 aliphatic carbocycles. The third kappa shape index (κ3) is 2.65. The van der Waals surface area contributed by atoms with Gasteiger partial charge in [0.25, 0.3) is 0 Å². The highest BCUT2D eigenvalue weighted by Crippen LogP contribution is 2.46. The number of nitrogens with one attached hydrogen (secondary N) is 1. The lowest BCUT2D eigenvalue weighted by molar-refractivity contribution is -0.139. The summed E-state index contributed by atoms with van der Waals surface area (Å²) in [6.07, 6.45) is 4.44. The fourth-order valence-electron chi connectivity index (χ4n) is 3.21. The van der Waals surface area contributed by atoms with Gasteiger partial charge in [-0.15, -0.1) is 11.8 Å². The second kappa shape index (κ2) is 5.17. The van der Waals surface area contributed by atoms with E-state index < -0.39 is 5.97 Å². The number of carboxylic acid groups (broad SMARTS) is 1. The summed E-state index contributed by atoms with van der Waals surface area (Å²) in [7, 11) is 0. The van der Waals surface area contributed by atoms with Crippen LogP contribution < -0.4 is 5.32 Å². The maximum atomic E-state index is 11.0. The molecule has 0 aromatic heterocycles. The van der Waals surface area contributed by atoms with E-state index in [-0.39, 0.29) is 10.9 Å². The third-order valence-corrected chi connectivity index (χ3v) is 5.90. The molecule has 1 atom stereocenters. The van der Waals surface area contributed by atoms with E-state index in [1.54, 1.807) is 0 Å². The van der Waals surface area contributed by atoms with E-state index in [1.807, 2.05) is 11.8 Å². The van der Waals surface area contributed by atoms with Crippen LogP contribution in [0.5, 0.6) is 0 Å². The Bertz CT molecular complexity index is 454. The minimum absolute atomic E-state index is 0.0222. The van der Waals surface area contributed by atoms with Crippen LogP contribution in [0.15, 0.2) is 30.3 Å². The van der Waals surface area contributed by atoms with Gasteiger partial charge in [-0.1, -0.05) is 30.3 Å². The molecule has 0 bridgehead atoms. The standard InChI is InChI=1S/C15H19NO2S/c17-14(18)13-10-19-15(16-13)8-6-12(7-9-15)11-4-2-1-3-5-11/h1-5,12-13,16H,6-10H2,(H,17,18)/t12?,13-,15?/m0/s1. The summed E-state index contributed by atoms with van der Waals surface area (Å²) in [6.45, 7) is 0. The Morgan fingerprint density at radius 2 is 1.95 bits per heavy atom. The van der Waals surface area contributed by atoms with Crippen LogP contribution in [0.25, 0.3) is 0 Å². The van der Waals surface area contributed by atoms with Crippen LogP contribution >= 0.6 is 11.8 Å². The zero-order valence-corrected chi connectivity index (χ0v) is 11.7. The van der Waals surface area contributed by atoms with Crippen molar-refractivity contribution in [2.24, 2.45) is 0 Å². The van der Waals surface area contributed by atoms with Crippen molar-refractivity contribution in [2.75, 3.05) is 5.75 Å². The van der Waals surface area contributed by atoms with Crippen molar-refractivity contribution >= 4 is 17.7 Å². The molecule has 1 heterocycles. The molecule has 3 rings (SSSR count). The van der Waals surface area contributed by atoms with Gasteiger partial charge in [-0.25, -0.2) is 0 Å². The van der Waals surface area contributed by atoms with Crippen molar-refractivity contribution in [3.05, 3.63) is 35.9 Å². The van der Waals surface area contributed by atoms with E-state index >= 15 is 0 Å². The summed E-state index contributed by atoms with van der Waals surface area (Å²) in [5, 5.41) is 12.4. The molecule has 0 unspecified atom stereocenters. The maximum absolute atomic E-state index is 11.0. The van der Waals surface area contributed by atoms with Crippen molar-refractivity contribution < 1.29 is 9.90 Å². The topological polar surface area (TPSA) is 49.3 Å². The monoisotopic (exact) mass is 277 g/mol. The Morgan fingerprint density at radius 1 is 1.26 bits per heavy atom. The summed E-state index contributed by atoms with van der Waals surface area (Å²) in [4.78, 5) is 11.1. The van der Waals surface area contributed by atoms with Crippen molar-refractivity contribution in [3.63, 3.8) is 0 Å². The van der Waals surface area contributed by atoms with Crippen molar-refractivity contribution in [1.82, 2.24) is 5.32 Å². The summed E-state index contributed by atoms with van der Waals surface area (Å²) in [6, 6.07) is 10.3. The van der Waals surface area contributed by atoms with Gasteiger partial charge < -0.3 is 5.11 Å². The number of rotatable bonds is 2. The number of carbonyl (C=O) groups is 1. The second-order valence-corrected chi connectivity index (χ2v) is 6.93. The SMILES string of the molecule is O=C(O)[C@@H]1CSC2(CCC(c3ccccc3)CC2)N1. The minimum atomic E-state index is -0.713. The Kier molecular flexibility index (Phi) is 3.54. The maximum Gasteiger partial charge on any atom is 0.321 e. The first kappa shape index (κ1) is 13.0. The fraction of sp³-hybridized carbons (Fsp3) is 0.533. The van der Waals surface area contributed by atoms with Gasteiger partial charge in [-0.2, -0.15) is 0 Å². The van der Waals surface area contributed by atoms with Crippen LogP contribution in [0.2, 0.25) is 0 Å². The number of thioether (sulfide) groups is 1. The Balaban J connectivity index is 1.63. The highest BCUT2D eigenvalue weighted by Gasteiger charge is 2.44. The zero-order chi connectivity index (χ0) is 13.3. The molecule has 1 aromatic rings. The molecule has 1 saturated carbocycles. The third-order valence-electron chi connectivity index (χ3n) is 4.33. The summed E-state index contributed by atoms with van der Waals surface area (Å²) in [5.41, 5.74) is 1.43. The van der Waals surface area contributed by atoms with E-state index in [0.29, 0.717) is 11.7 Å². The van der Waals surface area contributed by atoms with Crippen LogP contribution in [0.3, 0.4) is 0 Å². The van der Waals surface area contributed by atoms with E-state index in [4.69, 9.17) is 5.11 Å². The number of hydrogen-bond donors (Lipinski definition) is 2. The predicted octanol–water partition coefficient (Wildman–Crippen LogP) is 2.83. The molecular weight excluding hydrogens is 258 g/mol. The van der Waals surface area contributed by atoms with Gasteiger partial charge in [-0.05, 0) is 37.2 Å². The van der Waals surface area contributed by atoms with Gasteiger partial charge in [0.05, 0.1) is 4.87 Å². The lowest BCUT2D eigenvalue weighted by Gasteiger charge is -2.37. The molecule has 3 nitrogen and oxygen atoms in total. The van der Waals surface area contributed by atoms with Crippen LogP contribution in [0.1, 0.15) is 37.2 Å². The van der Waals surface area contributed by atoms with Gasteiger partial charge in [0.1, 0.15) is 6.04 Å². The lowest BCUT2D eigenvalue weighted by Crippen LogP contribution is -2.46. The molecule has 0 radical (unpaired) electrons. The smallest absolute Gasteiger partial charge is 0.321 e. The Hall–Kier alpha value is -1.00. The number of benzene rings is 1. The first-order valence-electron chi connectivity index (χ1n) is 6.88. The molecule has 0 amide bonds. The van der Waals surface area contributed by atoms with Crippen LogP contribution in [-0.2, 0) is 4.79 Å². The van der Waals surface area contributed by atoms with Crippen molar-refractivity contribution in [2.45, 2.75) is 42.5 Å². The van der Waals surface area contributed by atoms with E-state index in [9.17, 15) is 4.79 Å².